The van der Waals surface area contributed by atoms with Crippen molar-refractivity contribution in [3.63, 3.8) is 0 Å². The van der Waals surface area contributed by atoms with Gasteiger partial charge < -0.3 is 4.74 Å². The van der Waals surface area contributed by atoms with Gasteiger partial charge in [-0.1, -0.05) is 18.2 Å². The van der Waals surface area contributed by atoms with Gasteiger partial charge in [-0.2, -0.15) is 0 Å². The van der Waals surface area contributed by atoms with Crippen molar-refractivity contribution in [2.75, 3.05) is 18.0 Å². The Morgan fingerprint density at radius 1 is 1.21 bits per heavy atom. The van der Waals surface area contributed by atoms with Crippen molar-refractivity contribution in [1.29, 1.82) is 0 Å². The number of nitrogens with zero attached hydrogens (tertiary/aromatic N) is 2. The molecule has 0 aliphatic heterocycles. The average molecular weight is 404 g/mol. The number of carbonyl (C=O) groups excluding carboxylic acids is 1. The Balaban J connectivity index is 2.66. The van der Waals surface area contributed by atoms with Crippen LogP contribution in [-0.2, 0) is 14.8 Å². The largest absolute Gasteiger partial charge is 0.465 e. The van der Waals surface area contributed by atoms with Crippen molar-refractivity contribution in [1.82, 2.24) is 0 Å². The predicted molar refractivity (Wildman–Crippen MR) is 105 cm³/mol. The van der Waals surface area contributed by atoms with Crippen molar-refractivity contribution in [2.45, 2.75) is 18.7 Å². The van der Waals surface area contributed by atoms with Crippen LogP contribution in [0.25, 0.3) is 0 Å². The number of rotatable bonds is 7. The Morgan fingerprint density at radius 2 is 1.86 bits per heavy atom. The SMILES string of the molecule is C=CCN(c1cc(C(=O)OC)ccc1C)S(=O)(=O)c1ccc(C)c([N+](=O)[O-])c1. The number of sulfonamides is 1. The van der Waals surface area contributed by atoms with E-state index in [2.05, 4.69) is 6.58 Å². The number of anilines is 1. The Bertz CT molecular complexity index is 1050. The molecular formula is C19H20N2O6S. The summed E-state index contributed by atoms with van der Waals surface area (Å²) >= 11 is 0. The molecule has 0 atom stereocenters. The fraction of sp³-hybridized carbons (Fsp3) is 0.211. The van der Waals surface area contributed by atoms with Crippen LogP contribution in [0.5, 0.6) is 0 Å². The highest BCUT2D eigenvalue weighted by atomic mass is 32.2. The lowest BCUT2D eigenvalue weighted by Crippen LogP contribution is -2.32. The van der Waals surface area contributed by atoms with Crippen LogP contribution in [0, 0.1) is 24.0 Å². The van der Waals surface area contributed by atoms with Gasteiger partial charge in [0.1, 0.15) is 0 Å². The molecule has 0 saturated heterocycles. The normalized spacial score (nSPS) is 11.0. The molecule has 0 spiro atoms. The molecule has 9 heteroatoms. The second-order valence-electron chi connectivity index (χ2n) is 6.02. The van der Waals surface area contributed by atoms with Crippen molar-refractivity contribution >= 4 is 27.4 Å². The quantitative estimate of drug-likeness (QED) is 0.303. The van der Waals surface area contributed by atoms with Crippen LogP contribution >= 0.6 is 0 Å². The number of carbonyl (C=O) groups is 1. The molecule has 0 aromatic heterocycles. The lowest BCUT2D eigenvalue weighted by Gasteiger charge is -2.25. The Morgan fingerprint density at radius 3 is 2.43 bits per heavy atom. The smallest absolute Gasteiger partial charge is 0.337 e. The molecule has 2 aromatic carbocycles. The molecule has 0 amide bonds. The molecule has 148 valence electrons. The minimum absolute atomic E-state index is 0.0878. The van der Waals surface area contributed by atoms with Gasteiger partial charge in [-0.15, -0.1) is 6.58 Å². The minimum Gasteiger partial charge on any atom is -0.465 e. The first-order valence-corrected chi connectivity index (χ1v) is 9.65. The molecule has 0 saturated carbocycles. The third-order valence-corrected chi connectivity index (χ3v) is 5.93. The molecule has 0 heterocycles. The molecular weight excluding hydrogens is 384 g/mol. The minimum atomic E-state index is -4.16. The van der Waals surface area contributed by atoms with E-state index < -0.39 is 20.9 Å². The summed E-state index contributed by atoms with van der Waals surface area (Å²) in [5.41, 5.74) is 1.09. The lowest BCUT2D eigenvalue weighted by atomic mass is 10.1. The summed E-state index contributed by atoms with van der Waals surface area (Å²) in [6, 6.07) is 8.26. The standard InChI is InChI=1S/C19H20N2O6S/c1-5-10-20(17-11-15(19(22)27-4)8-6-13(17)2)28(25,26)16-9-7-14(3)18(12-16)21(23)24/h5-9,11-12H,1,10H2,2-4H3. The molecule has 8 nitrogen and oxygen atoms in total. The van der Waals surface area contributed by atoms with E-state index in [4.69, 9.17) is 4.74 Å². The fourth-order valence-corrected chi connectivity index (χ4v) is 4.15. The van der Waals surface area contributed by atoms with E-state index in [1.165, 1.54) is 44.4 Å². The highest BCUT2D eigenvalue weighted by molar-refractivity contribution is 7.92. The van der Waals surface area contributed by atoms with Crippen molar-refractivity contribution in [3.8, 4) is 0 Å². The molecule has 0 N–H and O–H groups in total. The molecule has 0 fully saturated rings. The van der Waals surface area contributed by atoms with Gasteiger partial charge >= 0.3 is 5.97 Å². The van der Waals surface area contributed by atoms with Crippen LogP contribution in [0.2, 0.25) is 0 Å². The number of methoxy groups -OCH3 is 1. The molecule has 0 bridgehead atoms. The van der Waals surface area contributed by atoms with Crippen molar-refractivity contribution < 1.29 is 22.9 Å². The number of benzene rings is 2. The van der Waals surface area contributed by atoms with E-state index in [1.807, 2.05) is 0 Å². The lowest BCUT2D eigenvalue weighted by molar-refractivity contribution is -0.385. The first-order valence-electron chi connectivity index (χ1n) is 8.21. The number of aryl methyl sites for hydroxylation is 2. The number of nitro benzene ring substituents is 1. The van der Waals surface area contributed by atoms with E-state index in [0.717, 1.165) is 10.4 Å². The second-order valence-corrected chi connectivity index (χ2v) is 7.89. The van der Waals surface area contributed by atoms with E-state index in [1.54, 1.807) is 13.0 Å². The number of ether oxygens (including phenoxy) is 1. The van der Waals surface area contributed by atoms with E-state index in [9.17, 15) is 23.3 Å². The molecule has 0 aliphatic rings. The zero-order valence-electron chi connectivity index (χ0n) is 15.7. The van der Waals surface area contributed by atoms with Crippen LogP contribution in [0.4, 0.5) is 11.4 Å². The van der Waals surface area contributed by atoms with Gasteiger partial charge in [0.25, 0.3) is 15.7 Å². The third kappa shape index (κ3) is 4.04. The van der Waals surface area contributed by atoms with Crippen LogP contribution < -0.4 is 4.31 Å². The number of hydrogen-bond donors (Lipinski definition) is 0. The summed E-state index contributed by atoms with van der Waals surface area (Å²) in [7, 11) is -2.93. The van der Waals surface area contributed by atoms with Crippen molar-refractivity contribution in [3.05, 3.63) is 75.9 Å². The summed E-state index contributed by atoms with van der Waals surface area (Å²) in [5, 5.41) is 11.2. The van der Waals surface area contributed by atoms with E-state index in [0.29, 0.717) is 11.1 Å². The maximum absolute atomic E-state index is 13.3. The van der Waals surface area contributed by atoms with Gasteiger partial charge in [-0.3, -0.25) is 14.4 Å². The van der Waals surface area contributed by atoms with Gasteiger partial charge in [-0.25, -0.2) is 13.2 Å². The molecule has 0 radical (unpaired) electrons. The molecule has 0 aliphatic carbocycles. The monoisotopic (exact) mass is 404 g/mol. The van der Waals surface area contributed by atoms with Gasteiger partial charge in [0.05, 0.1) is 34.7 Å². The molecule has 2 aromatic rings. The Hall–Kier alpha value is -3.20. The Kier molecular flexibility index (Phi) is 6.19. The summed E-state index contributed by atoms with van der Waals surface area (Å²) in [6.07, 6.45) is 1.39. The fourth-order valence-electron chi connectivity index (χ4n) is 2.64. The summed E-state index contributed by atoms with van der Waals surface area (Å²) in [4.78, 5) is 22.2. The van der Waals surface area contributed by atoms with Gasteiger partial charge in [0.15, 0.2) is 0 Å². The third-order valence-electron chi connectivity index (χ3n) is 4.16. The first kappa shape index (κ1) is 21.1. The second kappa shape index (κ2) is 8.22. The number of esters is 1. The van der Waals surface area contributed by atoms with Crippen LogP contribution in [0.1, 0.15) is 21.5 Å². The maximum atomic E-state index is 13.3. The predicted octanol–water partition coefficient (Wildman–Crippen LogP) is 3.38. The first-order chi connectivity index (χ1) is 13.1. The molecule has 28 heavy (non-hydrogen) atoms. The molecule has 2 rings (SSSR count). The Labute approximate surface area is 163 Å². The topological polar surface area (TPSA) is 107 Å². The maximum Gasteiger partial charge on any atom is 0.337 e. The van der Waals surface area contributed by atoms with Gasteiger partial charge in [-0.05, 0) is 37.6 Å². The van der Waals surface area contributed by atoms with Crippen LogP contribution in [-0.4, -0.2) is 33.0 Å². The zero-order chi connectivity index (χ0) is 21.1. The van der Waals surface area contributed by atoms with E-state index in [-0.39, 0.29) is 28.4 Å². The van der Waals surface area contributed by atoms with E-state index >= 15 is 0 Å². The average Bonchev–Trinajstić information content (AvgIpc) is 2.66. The van der Waals surface area contributed by atoms with Crippen LogP contribution in [0.3, 0.4) is 0 Å². The van der Waals surface area contributed by atoms with Gasteiger partial charge in [0.2, 0.25) is 0 Å². The highest BCUT2D eigenvalue weighted by Gasteiger charge is 2.28. The summed E-state index contributed by atoms with van der Waals surface area (Å²) in [6.45, 7) is 6.72. The number of hydrogen-bond acceptors (Lipinski definition) is 6. The van der Waals surface area contributed by atoms with Gasteiger partial charge in [0, 0.05) is 11.6 Å². The highest BCUT2D eigenvalue weighted by Crippen LogP contribution is 2.30. The zero-order valence-corrected chi connectivity index (χ0v) is 16.5. The summed E-state index contributed by atoms with van der Waals surface area (Å²) in [5.74, 6) is -0.608. The van der Waals surface area contributed by atoms with Crippen molar-refractivity contribution in [2.24, 2.45) is 0 Å². The molecule has 0 unspecified atom stereocenters. The number of nitro groups is 1. The summed E-state index contributed by atoms with van der Waals surface area (Å²) < 4.78 is 32.2. The van der Waals surface area contributed by atoms with Crippen LogP contribution in [0.15, 0.2) is 53.9 Å².